The van der Waals surface area contributed by atoms with Crippen LogP contribution in [-0.2, 0) is 6.54 Å². The van der Waals surface area contributed by atoms with Gasteiger partial charge in [-0.2, -0.15) is 0 Å². The highest BCUT2D eigenvalue weighted by Gasteiger charge is 2.26. The molecule has 0 bridgehead atoms. The fourth-order valence-electron chi connectivity index (χ4n) is 3.97. The van der Waals surface area contributed by atoms with Crippen LogP contribution in [0, 0.1) is 0 Å². The van der Waals surface area contributed by atoms with E-state index in [2.05, 4.69) is 67.4 Å². The van der Waals surface area contributed by atoms with Crippen LogP contribution in [0.4, 0.5) is 16.2 Å². The summed E-state index contributed by atoms with van der Waals surface area (Å²) in [6, 6.07) is 24.3. The van der Waals surface area contributed by atoms with E-state index in [4.69, 9.17) is 4.74 Å². The highest BCUT2D eigenvalue weighted by atomic mass is 16.6. The fraction of sp³-hybridized carbons (Fsp3) is 0.269. The fourth-order valence-corrected chi connectivity index (χ4v) is 3.97. The van der Waals surface area contributed by atoms with Crippen LogP contribution in [0.2, 0.25) is 0 Å². The number of carbonyl (C=O) groups excluding carboxylic acids is 1. The van der Waals surface area contributed by atoms with Crippen LogP contribution >= 0.6 is 0 Å². The van der Waals surface area contributed by atoms with E-state index >= 15 is 0 Å². The summed E-state index contributed by atoms with van der Waals surface area (Å²) in [4.78, 5) is 14.7. The Morgan fingerprint density at radius 2 is 1.80 bits per heavy atom. The number of anilines is 2. The molecule has 0 saturated carbocycles. The molecule has 0 radical (unpaired) electrons. The predicted octanol–water partition coefficient (Wildman–Crippen LogP) is 6.54. The lowest BCUT2D eigenvalue weighted by Crippen LogP contribution is -2.20. The van der Waals surface area contributed by atoms with Gasteiger partial charge in [0.1, 0.15) is 5.75 Å². The molecule has 0 fully saturated rings. The minimum absolute atomic E-state index is 0.407. The molecule has 4 heteroatoms. The molecule has 1 heterocycles. The van der Waals surface area contributed by atoms with E-state index in [1.807, 2.05) is 36.4 Å². The maximum absolute atomic E-state index is 12.3. The van der Waals surface area contributed by atoms with Gasteiger partial charge in [0.25, 0.3) is 0 Å². The number of fused-ring (bicyclic) bond motifs is 1. The lowest BCUT2D eigenvalue weighted by molar-refractivity contribution is 0.215. The van der Waals surface area contributed by atoms with Crippen LogP contribution in [-0.4, -0.2) is 12.6 Å². The van der Waals surface area contributed by atoms with Crippen LogP contribution in [0.15, 0.2) is 72.8 Å². The molecule has 4 nitrogen and oxygen atoms in total. The molecule has 0 aromatic heterocycles. The summed E-state index contributed by atoms with van der Waals surface area (Å²) in [5.41, 5.74) is 5.76. The van der Waals surface area contributed by atoms with Gasteiger partial charge in [-0.05, 0) is 52.9 Å². The maximum atomic E-state index is 12.3. The molecular weight excluding hydrogens is 372 g/mol. The van der Waals surface area contributed by atoms with Crippen LogP contribution in [0.25, 0.3) is 0 Å². The zero-order valence-corrected chi connectivity index (χ0v) is 17.8. The van der Waals surface area contributed by atoms with E-state index in [0.29, 0.717) is 17.6 Å². The monoisotopic (exact) mass is 400 g/mol. The molecular formula is C26H28N2O2. The zero-order chi connectivity index (χ0) is 21.1. The van der Waals surface area contributed by atoms with Gasteiger partial charge in [-0.15, -0.1) is 0 Å². The summed E-state index contributed by atoms with van der Waals surface area (Å²) in [6.45, 7) is 8.36. The van der Waals surface area contributed by atoms with Crippen molar-refractivity contribution in [3.8, 4) is 5.75 Å². The van der Waals surface area contributed by atoms with Gasteiger partial charge in [0.2, 0.25) is 0 Å². The van der Waals surface area contributed by atoms with Gasteiger partial charge >= 0.3 is 6.09 Å². The molecule has 0 spiro atoms. The van der Waals surface area contributed by atoms with Crippen molar-refractivity contribution in [2.24, 2.45) is 0 Å². The van der Waals surface area contributed by atoms with Gasteiger partial charge in [-0.3, -0.25) is 5.32 Å². The number of carbonyl (C=O) groups is 1. The second-order valence-electron chi connectivity index (χ2n) is 8.28. The number of ether oxygens (including phenoxy) is 1. The van der Waals surface area contributed by atoms with Crippen molar-refractivity contribution in [1.82, 2.24) is 0 Å². The molecule has 1 unspecified atom stereocenters. The first-order valence-corrected chi connectivity index (χ1v) is 10.5. The molecule has 0 aliphatic carbocycles. The van der Waals surface area contributed by atoms with Gasteiger partial charge in [-0.1, -0.05) is 63.2 Å². The lowest BCUT2D eigenvalue weighted by Gasteiger charge is -2.20. The van der Waals surface area contributed by atoms with Crippen molar-refractivity contribution >= 4 is 17.5 Å². The first kappa shape index (κ1) is 20.0. The second-order valence-corrected chi connectivity index (χ2v) is 8.28. The Balaban J connectivity index is 1.42. The van der Waals surface area contributed by atoms with E-state index in [1.54, 1.807) is 0 Å². The molecule has 1 amide bonds. The third kappa shape index (κ3) is 4.48. The van der Waals surface area contributed by atoms with E-state index < -0.39 is 6.09 Å². The normalized spacial score (nSPS) is 15.2. The highest BCUT2D eigenvalue weighted by Crippen LogP contribution is 2.38. The third-order valence-electron chi connectivity index (χ3n) is 5.61. The molecule has 4 rings (SSSR count). The largest absolute Gasteiger partial charge is 0.417 e. The van der Waals surface area contributed by atoms with E-state index in [-0.39, 0.29) is 0 Å². The minimum Gasteiger partial charge on any atom is -0.410 e. The van der Waals surface area contributed by atoms with E-state index in [1.165, 1.54) is 22.4 Å². The molecule has 1 aliphatic heterocycles. The Hall–Kier alpha value is -3.27. The number of hydrogen-bond donors (Lipinski definition) is 1. The van der Waals surface area contributed by atoms with Gasteiger partial charge in [-0.25, -0.2) is 4.79 Å². The first-order valence-electron chi connectivity index (χ1n) is 10.5. The Morgan fingerprint density at radius 3 is 2.50 bits per heavy atom. The summed E-state index contributed by atoms with van der Waals surface area (Å²) in [6.07, 6.45) is -0.473. The number of hydrogen-bond acceptors (Lipinski definition) is 3. The molecule has 1 atom stereocenters. The molecule has 1 aliphatic rings. The predicted molar refractivity (Wildman–Crippen MR) is 123 cm³/mol. The van der Waals surface area contributed by atoms with Crippen LogP contribution < -0.4 is 15.0 Å². The smallest absolute Gasteiger partial charge is 0.410 e. The number of nitrogens with one attached hydrogen (secondary N) is 1. The average Bonchev–Trinajstić information content (AvgIpc) is 3.04. The van der Waals surface area contributed by atoms with Gasteiger partial charge in [0.15, 0.2) is 0 Å². The Morgan fingerprint density at radius 1 is 1.07 bits per heavy atom. The number of benzene rings is 3. The number of amides is 1. The van der Waals surface area contributed by atoms with E-state index in [9.17, 15) is 4.79 Å². The van der Waals surface area contributed by atoms with Gasteiger partial charge < -0.3 is 9.64 Å². The van der Waals surface area contributed by atoms with Crippen molar-refractivity contribution in [3.63, 3.8) is 0 Å². The van der Waals surface area contributed by atoms with Crippen molar-refractivity contribution in [3.05, 3.63) is 89.5 Å². The van der Waals surface area contributed by atoms with Crippen molar-refractivity contribution < 1.29 is 9.53 Å². The maximum Gasteiger partial charge on any atom is 0.417 e. The first-order chi connectivity index (χ1) is 14.5. The SMILES string of the molecule is CC(C)c1ccc(OC(=O)Nc2ccc3c(c2)C(C)CN3Cc2ccccc2)cc1. The van der Waals surface area contributed by atoms with Gasteiger partial charge in [0.05, 0.1) is 0 Å². The van der Waals surface area contributed by atoms with Crippen molar-refractivity contribution in [2.75, 3.05) is 16.8 Å². The molecule has 1 N–H and O–H groups in total. The summed E-state index contributed by atoms with van der Waals surface area (Å²) in [5.74, 6) is 1.40. The van der Waals surface area contributed by atoms with Crippen LogP contribution in [0.1, 0.15) is 49.3 Å². The molecule has 0 saturated heterocycles. The topological polar surface area (TPSA) is 41.6 Å². The molecule has 154 valence electrons. The summed E-state index contributed by atoms with van der Waals surface area (Å²) in [7, 11) is 0. The van der Waals surface area contributed by atoms with Gasteiger partial charge in [0, 0.05) is 30.4 Å². The highest BCUT2D eigenvalue weighted by molar-refractivity contribution is 5.87. The average molecular weight is 401 g/mol. The minimum atomic E-state index is -0.473. The summed E-state index contributed by atoms with van der Waals surface area (Å²) < 4.78 is 5.44. The van der Waals surface area contributed by atoms with Crippen molar-refractivity contribution in [1.29, 1.82) is 0 Å². The van der Waals surface area contributed by atoms with Crippen LogP contribution in [0.5, 0.6) is 5.75 Å². The quantitative estimate of drug-likeness (QED) is 0.528. The molecule has 3 aromatic carbocycles. The summed E-state index contributed by atoms with van der Waals surface area (Å²) >= 11 is 0. The lowest BCUT2D eigenvalue weighted by atomic mass is 10.0. The zero-order valence-electron chi connectivity index (χ0n) is 17.8. The number of nitrogens with zero attached hydrogens (tertiary/aromatic N) is 1. The molecule has 30 heavy (non-hydrogen) atoms. The summed E-state index contributed by atoms with van der Waals surface area (Å²) in [5, 5.41) is 2.86. The van der Waals surface area contributed by atoms with E-state index in [0.717, 1.165) is 18.8 Å². The Kier molecular flexibility index (Phi) is 5.75. The number of rotatable bonds is 5. The van der Waals surface area contributed by atoms with Crippen molar-refractivity contribution in [2.45, 2.75) is 39.2 Å². The second kappa shape index (κ2) is 8.62. The molecule has 3 aromatic rings. The van der Waals surface area contributed by atoms with Crippen LogP contribution in [0.3, 0.4) is 0 Å². The third-order valence-corrected chi connectivity index (χ3v) is 5.61. The Bertz CT molecular complexity index is 1010. The Labute approximate surface area is 178 Å². The standard InChI is InChI=1S/C26H28N2O2/c1-18(2)21-9-12-23(13-10-21)30-26(29)27-22-11-14-25-24(15-22)19(3)16-28(25)17-20-7-5-4-6-8-20/h4-15,18-19H,16-17H2,1-3H3,(H,27,29).